The van der Waals surface area contributed by atoms with Crippen LogP contribution in [0.15, 0.2) is 30.6 Å². The first kappa shape index (κ1) is 26.2. The SMILES string of the molecule is COC(=O)c1ccc(CC(OCC2CC(F)C(n3cnc4c(N)nc(Cl)nc43)O2)(C(=O)O)C(=O)O)cc1. The number of hydrogen-bond donors (Lipinski definition) is 3. The Morgan fingerprint density at radius 2 is 1.92 bits per heavy atom. The van der Waals surface area contributed by atoms with E-state index in [4.69, 9.17) is 26.8 Å². The Morgan fingerprint density at radius 3 is 2.54 bits per heavy atom. The lowest BCUT2D eigenvalue weighted by molar-refractivity contribution is -0.188. The number of ether oxygens (including phenoxy) is 3. The Morgan fingerprint density at radius 1 is 1.24 bits per heavy atom. The van der Waals surface area contributed by atoms with Crippen molar-refractivity contribution in [3.63, 3.8) is 0 Å². The lowest BCUT2D eigenvalue weighted by Gasteiger charge is -2.27. The highest BCUT2D eigenvalue weighted by atomic mass is 35.5. The first-order valence-electron chi connectivity index (χ1n) is 10.8. The fourth-order valence-corrected chi connectivity index (χ4v) is 4.14. The number of carbonyl (C=O) groups is 3. The fourth-order valence-electron chi connectivity index (χ4n) is 3.97. The largest absolute Gasteiger partial charge is 0.479 e. The minimum Gasteiger partial charge on any atom is -0.479 e. The van der Waals surface area contributed by atoms with Crippen LogP contribution in [0.3, 0.4) is 0 Å². The molecule has 4 N–H and O–H groups in total. The third-order valence-electron chi connectivity index (χ3n) is 5.86. The lowest BCUT2D eigenvalue weighted by atomic mass is 9.93. The number of carbonyl (C=O) groups excluding carboxylic acids is 1. The van der Waals surface area contributed by atoms with Crippen molar-refractivity contribution in [2.24, 2.45) is 0 Å². The highest BCUT2D eigenvalue weighted by Crippen LogP contribution is 2.35. The molecular weight excluding hydrogens is 517 g/mol. The zero-order valence-electron chi connectivity index (χ0n) is 19.2. The average molecular weight is 538 g/mol. The third-order valence-corrected chi connectivity index (χ3v) is 6.03. The zero-order valence-corrected chi connectivity index (χ0v) is 20.0. The number of hydrogen-bond acceptors (Lipinski definition) is 10. The zero-order chi connectivity index (χ0) is 26.9. The minimum absolute atomic E-state index is 0.00522. The summed E-state index contributed by atoms with van der Waals surface area (Å²) in [5.74, 6) is -4.13. The van der Waals surface area contributed by atoms with Gasteiger partial charge < -0.3 is 30.2 Å². The second-order valence-corrected chi connectivity index (χ2v) is 8.55. The molecule has 1 aromatic carbocycles. The molecule has 0 bridgehead atoms. The maximum atomic E-state index is 14.9. The number of nitrogens with zero attached hydrogens (tertiary/aromatic N) is 4. The number of nitrogens with two attached hydrogens (primary N) is 1. The molecule has 3 aromatic rings. The van der Waals surface area contributed by atoms with Gasteiger partial charge in [-0.1, -0.05) is 12.1 Å². The number of carboxylic acid groups (broad SMARTS) is 2. The van der Waals surface area contributed by atoms with Gasteiger partial charge in [0.15, 0.2) is 17.7 Å². The van der Waals surface area contributed by atoms with Crippen molar-refractivity contribution in [3.8, 4) is 0 Å². The van der Waals surface area contributed by atoms with Crippen molar-refractivity contribution >= 4 is 46.5 Å². The number of esters is 1. The molecule has 13 nitrogen and oxygen atoms in total. The maximum absolute atomic E-state index is 14.9. The predicted molar refractivity (Wildman–Crippen MR) is 124 cm³/mol. The monoisotopic (exact) mass is 537 g/mol. The molecule has 0 spiro atoms. The van der Waals surface area contributed by atoms with Gasteiger partial charge in [0, 0.05) is 12.8 Å². The van der Waals surface area contributed by atoms with Crippen molar-refractivity contribution < 1.29 is 43.2 Å². The molecular formula is C22H21ClFN5O8. The van der Waals surface area contributed by atoms with Crippen LogP contribution >= 0.6 is 11.6 Å². The molecule has 4 rings (SSSR count). The average Bonchev–Trinajstić information content (AvgIpc) is 3.44. The molecule has 196 valence electrons. The van der Waals surface area contributed by atoms with E-state index < -0.39 is 55.0 Å². The number of benzene rings is 1. The van der Waals surface area contributed by atoms with E-state index in [0.29, 0.717) is 0 Å². The number of fused-ring (bicyclic) bond motifs is 1. The maximum Gasteiger partial charge on any atom is 0.348 e. The summed E-state index contributed by atoms with van der Waals surface area (Å²) in [6, 6.07) is 5.51. The molecule has 2 aromatic heterocycles. The van der Waals surface area contributed by atoms with E-state index in [1.165, 1.54) is 42.3 Å². The van der Waals surface area contributed by atoms with Gasteiger partial charge in [-0.25, -0.2) is 23.8 Å². The number of anilines is 1. The van der Waals surface area contributed by atoms with Crippen LogP contribution < -0.4 is 5.73 Å². The topological polar surface area (TPSA) is 189 Å². The van der Waals surface area contributed by atoms with E-state index in [0.717, 1.165) is 0 Å². The second kappa shape index (κ2) is 10.2. The Labute approximate surface area is 212 Å². The molecule has 1 saturated heterocycles. The van der Waals surface area contributed by atoms with Crippen molar-refractivity contribution in [3.05, 3.63) is 47.0 Å². The van der Waals surface area contributed by atoms with Crippen LogP contribution in [0.2, 0.25) is 5.28 Å². The quantitative estimate of drug-likeness (QED) is 0.203. The van der Waals surface area contributed by atoms with Gasteiger partial charge in [0.25, 0.3) is 5.60 Å². The summed E-state index contributed by atoms with van der Waals surface area (Å²) in [5, 5.41) is 19.4. The van der Waals surface area contributed by atoms with Crippen molar-refractivity contribution in [2.75, 3.05) is 19.5 Å². The van der Waals surface area contributed by atoms with Crippen LogP contribution in [-0.4, -0.2) is 79.2 Å². The summed E-state index contributed by atoms with van der Waals surface area (Å²) in [4.78, 5) is 47.6. The van der Waals surface area contributed by atoms with E-state index in [9.17, 15) is 29.0 Å². The number of alkyl halides is 1. The lowest BCUT2D eigenvalue weighted by Crippen LogP contribution is -2.52. The van der Waals surface area contributed by atoms with Crippen molar-refractivity contribution in [2.45, 2.75) is 36.9 Å². The number of imidazole rings is 1. The molecule has 1 aliphatic rings. The van der Waals surface area contributed by atoms with Crippen LogP contribution in [0.5, 0.6) is 0 Å². The van der Waals surface area contributed by atoms with E-state index in [1.54, 1.807) is 0 Å². The van der Waals surface area contributed by atoms with Gasteiger partial charge in [0.05, 0.1) is 31.7 Å². The third kappa shape index (κ3) is 5.03. The van der Waals surface area contributed by atoms with E-state index in [-0.39, 0.29) is 39.8 Å². The summed E-state index contributed by atoms with van der Waals surface area (Å²) >= 11 is 5.85. The van der Waals surface area contributed by atoms with Crippen LogP contribution in [0.4, 0.5) is 10.2 Å². The Kier molecular flexibility index (Phi) is 7.25. The number of halogens is 2. The number of aliphatic carboxylic acids is 2. The number of rotatable bonds is 9. The summed E-state index contributed by atoms with van der Waals surface area (Å²) in [6.45, 7) is -0.541. The van der Waals surface area contributed by atoms with E-state index in [1.807, 2.05) is 0 Å². The molecule has 37 heavy (non-hydrogen) atoms. The molecule has 0 radical (unpaired) electrons. The van der Waals surface area contributed by atoms with Crippen LogP contribution in [0.1, 0.15) is 28.6 Å². The molecule has 0 amide bonds. The molecule has 3 atom stereocenters. The summed E-state index contributed by atoms with van der Waals surface area (Å²) in [5.41, 5.74) is 3.87. The smallest absolute Gasteiger partial charge is 0.348 e. The van der Waals surface area contributed by atoms with Crippen LogP contribution in [0.25, 0.3) is 11.2 Å². The van der Waals surface area contributed by atoms with E-state index in [2.05, 4.69) is 19.7 Å². The van der Waals surface area contributed by atoms with Crippen molar-refractivity contribution in [1.29, 1.82) is 0 Å². The molecule has 3 unspecified atom stereocenters. The van der Waals surface area contributed by atoms with Gasteiger partial charge in [-0.2, -0.15) is 9.97 Å². The van der Waals surface area contributed by atoms with Crippen LogP contribution in [0, 0.1) is 0 Å². The molecule has 0 saturated carbocycles. The number of carboxylic acids is 2. The van der Waals surface area contributed by atoms with Gasteiger partial charge in [-0.05, 0) is 29.3 Å². The first-order chi connectivity index (χ1) is 17.6. The predicted octanol–water partition coefficient (Wildman–Crippen LogP) is 1.64. The first-order valence-corrected chi connectivity index (χ1v) is 11.2. The molecule has 1 fully saturated rings. The Balaban J connectivity index is 1.51. The fraction of sp³-hybridized carbons (Fsp3) is 0.364. The molecule has 3 heterocycles. The number of methoxy groups -OCH3 is 1. The summed E-state index contributed by atoms with van der Waals surface area (Å²) in [7, 11) is 1.20. The Hall–Kier alpha value is -3.88. The van der Waals surface area contributed by atoms with Gasteiger partial charge in [-0.15, -0.1) is 0 Å². The van der Waals surface area contributed by atoms with Gasteiger partial charge in [0.1, 0.15) is 11.7 Å². The highest BCUT2D eigenvalue weighted by molar-refractivity contribution is 6.28. The number of aromatic nitrogens is 4. The van der Waals surface area contributed by atoms with Crippen LogP contribution in [-0.2, 0) is 30.2 Å². The molecule has 1 aliphatic heterocycles. The van der Waals surface area contributed by atoms with Gasteiger partial charge in [0.2, 0.25) is 5.28 Å². The standard InChI is InChI=1S/C22H21ClFN5O8/c1-35-18(30)11-4-2-10(3-5-11)7-22(19(31)32,20(33)34)36-8-12-6-13(24)17(37-12)29-9-26-14-15(25)27-21(23)28-16(14)29/h2-5,9,12-13,17H,6-8H2,1H3,(H,31,32)(H,33,34)(H2,25,27,28). The molecule has 15 heteroatoms. The molecule has 0 aliphatic carbocycles. The van der Waals surface area contributed by atoms with Gasteiger partial charge >= 0.3 is 17.9 Å². The summed E-state index contributed by atoms with van der Waals surface area (Å²) < 4.78 is 31.9. The van der Waals surface area contributed by atoms with Gasteiger partial charge in [-0.3, -0.25) is 4.57 Å². The second-order valence-electron chi connectivity index (χ2n) is 8.22. The van der Waals surface area contributed by atoms with E-state index >= 15 is 0 Å². The summed E-state index contributed by atoms with van der Waals surface area (Å²) in [6.07, 6.45) is -3.35. The number of nitrogen functional groups attached to an aromatic ring is 1. The highest BCUT2D eigenvalue weighted by Gasteiger charge is 2.50. The van der Waals surface area contributed by atoms with Crippen molar-refractivity contribution in [1.82, 2.24) is 19.5 Å². The minimum atomic E-state index is -2.70. The normalized spacial score (nSPS) is 19.7. The Bertz CT molecular complexity index is 1340.